The summed E-state index contributed by atoms with van der Waals surface area (Å²) in [6, 6.07) is 11.3. The summed E-state index contributed by atoms with van der Waals surface area (Å²) in [5.41, 5.74) is -2.05. The zero-order valence-corrected chi connectivity index (χ0v) is 13.9. The summed E-state index contributed by atoms with van der Waals surface area (Å²) in [7, 11) is 0. The third kappa shape index (κ3) is 2.61. The molecule has 0 bridgehead atoms. The van der Waals surface area contributed by atoms with E-state index in [2.05, 4.69) is 9.97 Å². The third-order valence-electron chi connectivity index (χ3n) is 4.31. The van der Waals surface area contributed by atoms with Crippen LogP contribution in [0.5, 0.6) is 0 Å². The highest BCUT2D eigenvalue weighted by molar-refractivity contribution is 6.01. The fourth-order valence-corrected chi connectivity index (χ4v) is 3.02. The summed E-state index contributed by atoms with van der Waals surface area (Å²) in [5, 5.41) is 9.20. The lowest BCUT2D eigenvalue weighted by Gasteiger charge is -2.11. The van der Waals surface area contributed by atoms with Crippen molar-refractivity contribution in [2.45, 2.75) is 0 Å². The Bertz CT molecular complexity index is 1210. The van der Waals surface area contributed by atoms with E-state index >= 15 is 0 Å². The molecule has 0 saturated heterocycles. The Morgan fingerprint density at radius 3 is 2.04 bits per heavy atom. The SMILES string of the molecule is O=C(O)c1cccc2[nH]c(-c3c(F)c(F)c(-c4ccccc4)c(F)c3F)nc12. The lowest BCUT2D eigenvalue weighted by molar-refractivity contribution is 0.0699. The number of para-hydroxylation sites is 1. The topological polar surface area (TPSA) is 66.0 Å². The predicted molar refractivity (Wildman–Crippen MR) is 93.8 cm³/mol. The second-order valence-corrected chi connectivity index (χ2v) is 5.96. The molecule has 0 spiro atoms. The van der Waals surface area contributed by atoms with Gasteiger partial charge in [-0.15, -0.1) is 0 Å². The number of rotatable bonds is 3. The number of carboxylic acid groups (broad SMARTS) is 1. The van der Waals surface area contributed by atoms with Gasteiger partial charge in [-0.3, -0.25) is 0 Å². The molecule has 0 atom stereocenters. The summed E-state index contributed by atoms with van der Waals surface area (Å²) in [5.74, 6) is -8.22. The van der Waals surface area contributed by atoms with Gasteiger partial charge in [0.1, 0.15) is 11.3 Å². The number of nitrogens with zero attached hydrogens (tertiary/aromatic N) is 1. The first-order valence-electron chi connectivity index (χ1n) is 8.04. The van der Waals surface area contributed by atoms with Gasteiger partial charge in [0.15, 0.2) is 23.3 Å². The number of aromatic nitrogens is 2. The van der Waals surface area contributed by atoms with Gasteiger partial charge in [0.2, 0.25) is 0 Å². The molecule has 0 aliphatic rings. The molecule has 0 aliphatic heterocycles. The maximum atomic E-state index is 14.7. The van der Waals surface area contributed by atoms with Crippen molar-refractivity contribution in [2.24, 2.45) is 0 Å². The first-order valence-corrected chi connectivity index (χ1v) is 8.04. The summed E-state index contributed by atoms with van der Waals surface area (Å²) < 4.78 is 58.6. The minimum atomic E-state index is -1.63. The van der Waals surface area contributed by atoms with Crippen molar-refractivity contribution in [3.8, 4) is 22.5 Å². The van der Waals surface area contributed by atoms with Gasteiger partial charge < -0.3 is 10.1 Å². The van der Waals surface area contributed by atoms with Crippen LogP contribution in [0.15, 0.2) is 48.5 Å². The third-order valence-corrected chi connectivity index (χ3v) is 4.31. The molecule has 0 unspecified atom stereocenters. The molecule has 2 N–H and O–H groups in total. The number of hydrogen-bond donors (Lipinski definition) is 2. The molecular formula is C20H10F4N2O2. The summed E-state index contributed by atoms with van der Waals surface area (Å²) in [6.07, 6.45) is 0. The molecule has 1 aromatic heterocycles. The summed E-state index contributed by atoms with van der Waals surface area (Å²) in [6.45, 7) is 0. The zero-order chi connectivity index (χ0) is 20.0. The molecule has 1 heterocycles. The van der Waals surface area contributed by atoms with Gasteiger partial charge in [-0.05, 0) is 17.7 Å². The van der Waals surface area contributed by atoms with Crippen LogP contribution in [0.3, 0.4) is 0 Å². The highest BCUT2D eigenvalue weighted by Crippen LogP contribution is 2.36. The number of fused-ring (bicyclic) bond motifs is 1. The minimum Gasteiger partial charge on any atom is -0.478 e. The monoisotopic (exact) mass is 386 g/mol. The molecule has 4 nitrogen and oxygen atoms in total. The van der Waals surface area contributed by atoms with Gasteiger partial charge in [-0.1, -0.05) is 36.4 Å². The van der Waals surface area contributed by atoms with E-state index < -0.39 is 46.2 Å². The highest BCUT2D eigenvalue weighted by Gasteiger charge is 2.29. The van der Waals surface area contributed by atoms with E-state index in [9.17, 15) is 27.5 Å². The van der Waals surface area contributed by atoms with Crippen molar-refractivity contribution >= 4 is 17.0 Å². The zero-order valence-electron chi connectivity index (χ0n) is 13.9. The normalized spacial score (nSPS) is 11.1. The first kappa shape index (κ1) is 17.7. The second-order valence-electron chi connectivity index (χ2n) is 5.96. The quantitative estimate of drug-likeness (QED) is 0.378. The van der Waals surface area contributed by atoms with Crippen LogP contribution in [0.2, 0.25) is 0 Å². The van der Waals surface area contributed by atoms with Gasteiger partial charge >= 0.3 is 5.97 Å². The Hall–Kier alpha value is -3.68. The molecule has 0 amide bonds. The van der Waals surface area contributed by atoms with Gasteiger partial charge in [0.25, 0.3) is 0 Å². The van der Waals surface area contributed by atoms with Crippen LogP contribution in [-0.4, -0.2) is 21.0 Å². The van der Waals surface area contributed by atoms with Gasteiger partial charge in [-0.2, -0.15) is 0 Å². The highest BCUT2D eigenvalue weighted by atomic mass is 19.2. The lowest BCUT2D eigenvalue weighted by atomic mass is 10.0. The minimum absolute atomic E-state index is 0.0281. The number of hydrogen-bond acceptors (Lipinski definition) is 2. The van der Waals surface area contributed by atoms with Crippen LogP contribution in [0.4, 0.5) is 17.6 Å². The number of halogens is 4. The number of carbonyl (C=O) groups is 1. The number of imidazole rings is 1. The standard InChI is InChI=1S/C20H10F4N2O2/c21-14-12(9-5-2-1-3-6-9)15(22)17(24)13(16(14)23)19-25-11-8-4-7-10(20(27)28)18(11)26-19/h1-8H,(H,25,26)(H,27,28). The Kier molecular flexibility index (Phi) is 4.11. The van der Waals surface area contributed by atoms with Crippen molar-refractivity contribution in [1.82, 2.24) is 9.97 Å². The van der Waals surface area contributed by atoms with Gasteiger partial charge in [-0.25, -0.2) is 27.3 Å². The molecule has 28 heavy (non-hydrogen) atoms. The fourth-order valence-electron chi connectivity index (χ4n) is 3.02. The number of aromatic carboxylic acids is 1. The van der Waals surface area contributed by atoms with Crippen molar-refractivity contribution in [3.05, 3.63) is 77.4 Å². The average Bonchev–Trinajstić information content (AvgIpc) is 3.11. The molecule has 0 radical (unpaired) electrons. The predicted octanol–water partition coefficient (Wildman–Crippen LogP) is 5.15. The Morgan fingerprint density at radius 1 is 0.821 bits per heavy atom. The molecule has 8 heteroatoms. The molecule has 4 aromatic rings. The fraction of sp³-hybridized carbons (Fsp3) is 0. The average molecular weight is 386 g/mol. The van der Waals surface area contributed by atoms with Crippen LogP contribution in [-0.2, 0) is 0 Å². The molecule has 4 rings (SSSR count). The van der Waals surface area contributed by atoms with E-state index in [0.29, 0.717) is 0 Å². The first-order chi connectivity index (χ1) is 13.4. The Balaban J connectivity index is 1.99. The van der Waals surface area contributed by atoms with Crippen LogP contribution < -0.4 is 0 Å². The lowest BCUT2D eigenvalue weighted by Crippen LogP contribution is -2.04. The molecular weight excluding hydrogens is 376 g/mol. The van der Waals surface area contributed by atoms with E-state index in [1.807, 2.05) is 0 Å². The van der Waals surface area contributed by atoms with Crippen LogP contribution in [0.25, 0.3) is 33.5 Å². The number of H-pyrrole nitrogens is 1. The maximum absolute atomic E-state index is 14.7. The van der Waals surface area contributed by atoms with Crippen LogP contribution in [0, 0.1) is 23.3 Å². The van der Waals surface area contributed by atoms with E-state index in [1.165, 1.54) is 42.5 Å². The number of carboxylic acids is 1. The second kappa shape index (κ2) is 6.49. The number of nitrogens with one attached hydrogen (secondary N) is 1. The van der Waals surface area contributed by atoms with E-state index in [0.717, 1.165) is 0 Å². The Labute approximate surface area is 155 Å². The molecule has 0 aliphatic carbocycles. The molecule has 0 saturated carbocycles. The number of benzene rings is 3. The molecule has 3 aromatic carbocycles. The smallest absolute Gasteiger partial charge is 0.337 e. The van der Waals surface area contributed by atoms with Crippen LogP contribution in [0.1, 0.15) is 10.4 Å². The van der Waals surface area contributed by atoms with Gasteiger partial charge in [0, 0.05) is 0 Å². The maximum Gasteiger partial charge on any atom is 0.337 e. The molecule has 140 valence electrons. The summed E-state index contributed by atoms with van der Waals surface area (Å²) in [4.78, 5) is 17.7. The summed E-state index contributed by atoms with van der Waals surface area (Å²) >= 11 is 0. The van der Waals surface area contributed by atoms with Crippen molar-refractivity contribution in [3.63, 3.8) is 0 Å². The molecule has 0 fully saturated rings. The van der Waals surface area contributed by atoms with Gasteiger partial charge in [0.05, 0.1) is 22.2 Å². The number of aromatic amines is 1. The van der Waals surface area contributed by atoms with Crippen molar-refractivity contribution < 1.29 is 27.5 Å². The van der Waals surface area contributed by atoms with Crippen molar-refractivity contribution in [1.29, 1.82) is 0 Å². The largest absolute Gasteiger partial charge is 0.478 e. The van der Waals surface area contributed by atoms with E-state index in [1.54, 1.807) is 6.07 Å². The van der Waals surface area contributed by atoms with E-state index in [4.69, 9.17) is 0 Å². The Morgan fingerprint density at radius 2 is 1.43 bits per heavy atom. The van der Waals surface area contributed by atoms with Crippen molar-refractivity contribution in [2.75, 3.05) is 0 Å². The van der Waals surface area contributed by atoms with E-state index in [-0.39, 0.29) is 22.2 Å². The van der Waals surface area contributed by atoms with Crippen LogP contribution >= 0.6 is 0 Å².